The summed E-state index contributed by atoms with van der Waals surface area (Å²) in [6.07, 6.45) is 4.56. The monoisotopic (exact) mass is 432 g/mol. The van der Waals surface area contributed by atoms with Crippen LogP contribution in [0.3, 0.4) is 0 Å². The van der Waals surface area contributed by atoms with E-state index in [1.165, 1.54) is 29.3 Å². The van der Waals surface area contributed by atoms with Crippen LogP contribution in [0.2, 0.25) is 5.02 Å². The lowest BCUT2D eigenvalue weighted by Gasteiger charge is -2.28. The van der Waals surface area contributed by atoms with E-state index in [4.69, 9.17) is 11.6 Å². The number of anilines is 1. The van der Waals surface area contributed by atoms with Crippen molar-refractivity contribution >= 4 is 33.2 Å². The second kappa shape index (κ2) is 8.00. The van der Waals surface area contributed by atoms with Gasteiger partial charge in [0, 0.05) is 11.1 Å². The van der Waals surface area contributed by atoms with Crippen LogP contribution in [0.4, 0.5) is 5.69 Å². The van der Waals surface area contributed by atoms with Crippen molar-refractivity contribution in [1.29, 1.82) is 0 Å². The molecule has 154 valence electrons. The Kier molecular flexibility index (Phi) is 5.58. The molecule has 5 nitrogen and oxygen atoms in total. The molecule has 2 aromatic carbocycles. The number of sulfonamides is 1. The molecule has 2 saturated carbocycles. The van der Waals surface area contributed by atoms with Crippen molar-refractivity contribution in [2.45, 2.75) is 43.5 Å². The van der Waals surface area contributed by atoms with E-state index < -0.39 is 10.0 Å². The molecule has 0 heterocycles. The van der Waals surface area contributed by atoms with Crippen molar-refractivity contribution in [2.75, 3.05) is 10.8 Å². The number of amides is 1. The van der Waals surface area contributed by atoms with Crippen LogP contribution in [0.25, 0.3) is 0 Å². The molecule has 0 aromatic heterocycles. The minimum atomic E-state index is -3.92. The van der Waals surface area contributed by atoms with Crippen molar-refractivity contribution in [1.82, 2.24) is 5.32 Å². The third kappa shape index (κ3) is 4.14. The highest BCUT2D eigenvalue weighted by Gasteiger charge is 2.40. The average Bonchev–Trinajstić information content (AvgIpc) is 3.32. The van der Waals surface area contributed by atoms with Gasteiger partial charge in [-0.3, -0.25) is 9.10 Å². The molecule has 2 aliphatic carbocycles. The highest BCUT2D eigenvalue weighted by Crippen LogP contribution is 2.44. The van der Waals surface area contributed by atoms with Crippen LogP contribution in [0.1, 0.15) is 31.2 Å². The molecule has 1 amide bonds. The highest BCUT2D eigenvalue weighted by molar-refractivity contribution is 7.92. The van der Waals surface area contributed by atoms with Crippen LogP contribution in [0.15, 0.2) is 53.4 Å². The first kappa shape index (κ1) is 20.2. The van der Waals surface area contributed by atoms with Crippen molar-refractivity contribution in [3.8, 4) is 0 Å². The van der Waals surface area contributed by atoms with Crippen LogP contribution >= 0.6 is 11.6 Å². The lowest BCUT2D eigenvalue weighted by atomic mass is 9.95. The number of hydrogen-bond donors (Lipinski definition) is 1. The Morgan fingerprint density at radius 1 is 1.14 bits per heavy atom. The van der Waals surface area contributed by atoms with E-state index in [1.807, 2.05) is 6.92 Å². The van der Waals surface area contributed by atoms with Gasteiger partial charge < -0.3 is 5.32 Å². The number of fused-ring (bicyclic) bond motifs is 2. The summed E-state index contributed by atoms with van der Waals surface area (Å²) in [6, 6.07) is 13.4. The van der Waals surface area contributed by atoms with Gasteiger partial charge in [-0.15, -0.1) is 0 Å². The van der Waals surface area contributed by atoms with E-state index in [-0.39, 0.29) is 23.4 Å². The number of halogens is 1. The van der Waals surface area contributed by atoms with Gasteiger partial charge in [0.2, 0.25) is 5.91 Å². The number of hydrogen-bond acceptors (Lipinski definition) is 3. The Balaban J connectivity index is 1.63. The van der Waals surface area contributed by atoms with E-state index in [0.29, 0.717) is 22.5 Å². The Morgan fingerprint density at radius 2 is 1.90 bits per heavy atom. The summed E-state index contributed by atoms with van der Waals surface area (Å²) in [5.74, 6) is 0.946. The Bertz CT molecular complexity index is 1010. The normalized spacial score (nSPS) is 23.2. The van der Waals surface area contributed by atoms with Crippen molar-refractivity contribution in [3.05, 3.63) is 59.1 Å². The summed E-state index contributed by atoms with van der Waals surface area (Å²) in [7, 11) is -3.92. The molecule has 2 bridgehead atoms. The van der Waals surface area contributed by atoms with Gasteiger partial charge in [0.15, 0.2) is 0 Å². The van der Waals surface area contributed by atoms with Crippen LogP contribution in [-0.2, 0) is 14.8 Å². The topological polar surface area (TPSA) is 66.5 Å². The molecule has 0 saturated heterocycles. The number of nitrogens with one attached hydrogen (secondary N) is 1. The van der Waals surface area contributed by atoms with Crippen molar-refractivity contribution in [2.24, 2.45) is 11.8 Å². The number of benzene rings is 2. The predicted octanol–water partition coefficient (Wildman–Crippen LogP) is 4.15. The van der Waals surface area contributed by atoms with Gasteiger partial charge in [-0.1, -0.05) is 42.3 Å². The Labute approximate surface area is 177 Å². The number of nitrogens with zero attached hydrogens (tertiary/aromatic N) is 1. The zero-order chi connectivity index (χ0) is 20.6. The molecule has 3 atom stereocenters. The number of aryl methyl sites for hydroxylation is 1. The molecule has 2 fully saturated rings. The standard InChI is InChI=1S/C22H25ClN2O3S/c1-15-7-10-18(23)13-21(15)25(29(27,28)19-5-3-2-4-6-19)14-22(26)24-20-12-16-8-9-17(20)11-16/h2-7,10,13,16-17,20H,8-9,11-12,14H2,1H3,(H,24,26)/t16-,17-,20+/m1/s1. The van der Waals surface area contributed by atoms with E-state index in [9.17, 15) is 13.2 Å². The zero-order valence-corrected chi connectivity index (χ0v) is 17.9. The third-order valence-corrected chi connectivity index (χ3v) is 8.15. The molecule has 2 aliphatic rings. The van der Waals surface area contributed by atoms with Crippen molar-refractivity contribution in [3.63, 3.8) is 0 Å². The Hall–Kier alpha value is -2.05. The van der Waals surface area contributed by atoms with Gasteiger partial charge in [-0.05, 0) is 67.9 Å². The van der Waals surface area contributed by atoms with Gasteiger partial charge in [0.1, 0.15) is 6.54 Å². The maximum absolute atomic E-state index is 13.4. The number of carbonyl (C=O) groups is 1. The SMILES string of the molecule is Cc1ccc(Cl)cc1N(CC(=O)N[C@H]1C[C@@H]2CC[C@@H]1C2)S(=O)(=O)c1ccccc1. The van der Waals surface area contributed by atoms with E-state index in [0.717, 1.165) is 18.4 Å². The number of rotatable bonds is 6. The van der Waals surface area contributed by atoms with E-state index >= 15 is 0 Å². The van der Waals surface area contributed by atoms with Gasteiger partial charge in [-0.2, -0.15) is 0 Å². The number of carbonyl (C=O) groups excluding carboxylic acids is 1. The molecule has 7 heteroatoms. The molecule has 29 heavy (non-hydrogen) atoms. The maximum atomic E-state index is 13.4. The quantitative estimate of drug-likeness (QED) is 0.745. The van der Waals surface area contributed by atoms with Gasteiger partial charge in [0.25, 0.3) is 10.0 Å². The largest absolute Gasteiger partial charge is 0.352 e. The van der Waals surface area contributed by atoms with Gasteiger partial charge in [0.05, 0.1) is 10.6 Å². The lowest BCUT2D eigenvalue weighted by molar-refractivity contribution is -0.120. The fraction of sp³-hybridized carbons (Fsp3) is 0.409. The summed E-state index contributed by atoms with van der Waals surface area (Å²) >= 11 is 6.15. The first-order chi connectivity index (χ1) is 13.8. The van der Waals surface area contributed by atoms with Crippen LogP contribution in [0.5, 0.6) is 0 Å². The molecule has 0 aliphatic heterocycles. The minimum absolute atomic E-state index is 0.145. The van der Waals surface area contributed by atoms with Crippen LogP contribution in [0, 0.1) is 18.8 Å². The molecule has 0 radical (unpaired) electrons. The summed E-state index contributed by atoms with van der Waals surface area (Å²) in [4.78, 5) is 13.0. The van der Waals surface area contributed by atoms with Gasteiger partial charge in [-0.25, -0.2) is 8.42 Å². The second-order valence-corrected chi connectivity index (χ2v) is 10.4. The van der Waals surface area contributed by atoms with E-state index in [2.05, 4.69) is 5.32 Å². The highest BCUT2D eigenvalue weighted by atomic mass is 35.5. The molecule has 0 spiro atoms. The summed E-state index contributed by atoms with van der Waals surface area (Å²) < 4.78 is 28.0. The van der Waals surface area contributed by atoms with Crippen LogP contribution in [-0.4, -0.2) is 26.9 Å². The van der Waals surface area contributed by atoms with Crippen molar-refractivity contribution < 1.29 is 13.2 Å². The minimum Gasteiger partial charge on any atom is -0.352 e. The summed E-state index contributed by atoms with van der Waals surface area (Å²) in [5.41, 5.74) is 1.16. The first-order valence-corrected chi connectivity index (χ1v) is 11.8. The fourth-order valence-electron chi connectivity index (χ4n) is 4.67. The van der Waals surface area contributed by atoms with Gasteiger partial charge >= 0.3 is 0 Å². The third-order valence-electron chi connectivity index (χ3n) is 6.14. The average molecular weight is 433 g/mol. The second-order valence-electron chi connectivity index (χ2n) is 8.10. The molecular formula is C22H25ClN2O3S. The molecule has 4 rings (SSSR count). The maximum Gasteiger partial charge on any atom is 0.264 e. The fourth-order valence-corrected chi connectivity index (χ4v) is 6.34. The predicted molar refractivity (Wildman–Crippen MR) is 115 cm³/mol. The zero-order valence-electron chi connectivity index (χ0n) is 16.3. The lowest BCUT2D eigenvalue weighted by Crippen LogP contribution is -2.46. The first-order valence-electron chi connectivity index (χ1n) is 9.98. The molecule has 2 aromatic rings. The summed E-state index contributed by atoms with van der Waals surface area (Å²) in [5, 5.41) is 3.51. The smallest absolute Gasteiger partial charge is 0.264 e. The van der Waals surface area contributed by atoms with E-state index in [1.54, 1.807) is 36.4 Å². The summed E-state index contributed by atoms with van der Waals surface area (Å²) in [6.45, 7) is 1.54. The molecular weight excluding hydrogens is 408 g/mol. The molecule has 1 N–H and O–H groups in total. The molecule has 0 unspecified atom stereocenters. The Morgan fingerprint density at radius 3 is 2.55 bits per heavy atom. The van der Waals surface area contributed by atoms with Crippen LogP contribution < -0.4 is 9.62 Å².